The molecule has 3 nitrogen and oxygen atoms in total. The smallest absolute Gasteiger partial charge is 0.109 e. The minimum atomic E-state index is 0.306. The molecule has 2 atom stereocenters. The van der Waals surface area contributed by atoms with Gasteiger partial charge in [0.1, 0.15) is 5.82 Å². The average Bonchev–Trinajstić information content (AvgIpc) is 2.54. The van der Waals surface area contributed by atoms with Crippen molar-refractivity contribution in [2.45, 2.75) is 59.4 Å². The van der Waals surface area contributed by atoms with Crippen LogP contribution < -0.4 is 5.73 Å². The summed E-state index contributed by atoms with van der Waals surface area (Å²) in [4.78, 5) is 4.84. The Kier molecular flexibility index (Phi) is 3.54. The lowest BCUT2D eigenvalue weighted by molar-refractivity contribution is 0.255. The largest absolute Gasteiger partial charge is 0.335 e. The minimum Gasteiger partial charge on any atom is -0.335 e. The van der Waals surface area contributed by atoms with E-state index in [4.69, 9.17) is 10.7 Å². The second kappa shape index (κ2) is 4.69. The summed E-state index contributed by atoms with van der Waals surface area (Å²) in [7, 11) is 2.16. The van der Waals surface area contributed by atoms with E-state index in [1.165, 1.54) is 17.2 Å². The first kappa shape index (κ1) is 13.6. The molecule has 1 aliphatic carbocycles. The molecule has 2 unspecified atom stereocenters. The highest BCUT2D eigenvalue weighted by Crippen LogP contribution is 2.29. The van der Waals surface area contributed by atoms with Gasteiger partial charge in [-0.05, 0) is 24.2 Å². The van der Waals surface area contributed by atoms with E-state index in [-0.39, 0.29) is 0 Å². The lowest BCUT2D eigenvalue weighted by Crippen LogP contribution is -2.28. The third-order valence-corrected chi connectivity index (χ3v) is 4.56. The molecule has 0 radical (unpaired) electrons. The van der Waals surface area contributed by atoms with Crippen LogP contribution in [0.5, 0.6) is 0 Å². The van der Waals surface area contributed by atoms with Gasteiger partial charge in [-0.15, -0.1) is 0 Å². The molecule has 0 aliphatic heterocycles. The Morgan fingerprint density at radius 1 is 1.44 bits per heavy atom. The van der Waals surface area contributed by atoms with Gasteiger partial charge in [0.05, 0.1) is 5.69 Å². The first-order valence-electron chi connectivity index (χ1n) is 7.08. The van der Waals surface area contributed by atoms with Crippen LogP contribution in [0.1, 0.15) is 51.3 Å². The van der Waals surface area contributed by atoms with Gasteiger partial charge < -0.3 is 10.3 Å². The third kappa shape index (κ3) is 2.61. The fourth-order valence-electron chi connectivity index (χ4n) is 2.56. The normalized spacial score (nSPS) is 21.8. The van der Waals surface area contributed by atoms with Crippen molar-refractivity contribution < 1.29 is 0 Å². The van der Waals surface area contributed by atoms with E-state index in [1.54, 1.807) is 0 Å². The Hall–Kier alpha value is -0.830. The molecule has 0 amide bonds. The number of hydrogen-bond donors (Lipinski definition) is 1. The predicted octanol–water partition coefficient (Wildman–Crippen LogP) is 2.46. The van der Waals surface area contributed by atoms with E-state index in [0.29, 0.717) is 17.4 Å². The van der Waals surface area contributed by atoms with Gasteiger partial charge in [-0.2, -0.15) is 0 Å². The van der Waals surface area contributed by atoms with Crippen LogP contribution in [0.15, 0.2) is 0 Å². The van der Waals surface area contributed by atoms with Gasteiger partial charge in [0, 0.05) is 31.6 Å². The summed E-state index contributed by atoms with van der Waals surface area (Å²) in [6.07, 6.45) is 4.19. The second-order valence-corrected chi connectivity index (χ2v) is 6.95. The first-order valence-corrected chi connectivity index (χ1v) is 7.08. The number of nitrogens with zero attached hydrogens (tertiary/aromatic N) is 2. The van der Waals surface area contributed by atoms with Gasteiger partial charge in [0.25, 0.3) is 0 Å². The summed E-state index contributed by atoms with van der Waals surface area (Å²) in [6.45, 7) is 9.22. The first-order chi connectivity index (χ1) is 8.29. The van der Waals surface area contributed by atoms with E-state index in [2.05, 4.69) is 39.3 Å². The van der Waals surface area contributed by atoms with E-state index in [9.17, 15) is 0 Å². The quantitative estimate of drug-likeness (QED) is 0.875. The molecular weight excluding hydrogens is 222 g/mol. The Morgan fingerprint density at radius 3 is 2.72 bits per heavy atom. The fourth-order valence-corrected chi connectivity index (χ4v) is 2.56. The Morgan fingerprint density at radius 2 is 2.11 bits per heavy atom. The van der Waals surface area contributed by atoms with Gasteiger partial charge in [-0.25, -0.2) is 4.98 Å². The van der Waals surface area contributed by atoms with Crippen molar-refractivity contribution in [3.05, 3.63) is 17.2 Å². The summed E-state index contributed by atoms with van der Waals surface area (Å²) in [6, 6.07) is 0.306. The third-order valence-electron chi connectivity index (χ3n) is 4.56. The SMILES string of the molecule is CC(Cc1nc2c(n1C)CCC(N)C2)C(C)(C)C. The van der Waals surface area contributed by atoms with Crippen LogP contribution in [-0.4, -0.2) is 15.6 Å². The number of imidazole rings is 1. The predicted molar refractivity (Wildman–Crippen MR) is 75.5 cm³/mol. The monoisotopic (exact) mass is 249 g/mol. The fraction of sp³-hybridized carbons (Fsp3) is 0.800. The van der Waals surface area contributed by atoms with Crippen LogP contribution in [0.4, 0.5) is 0 Å². The molecule has 2 N–H and O–H groups in total. The van der Waals surface area contributed by atoms with Crippen LogP contribution in [0.3, 0.4) is 0 Å². The molecular formula is C15H27N3. The summed E-state index contributed by atoms with van der Waals surface area (Å²) >= 11 is 0. The van der Waals surface area contributed by atoms with Crippen molar-refractivity contribution in [3.8, 4) is 0 Å². The highest BCUT2D eigenvalue weighted by Gasteiger charge is 2.26. The molecule has 0 saturated carbocycles. The molecule has 0 aromatic carbocycles. The molecule has 1 heterocycles. The molecule has 102 valence electrons. The van der Waals surface area contributed by atoms with Gasteiger partial charge in [0.2, 0.25) is 0 Å². The molecule has 0 saturated heterocycles. The molecule has 0 spiro atoms. The molecule has 1 aromatic rings. The molecule has 1 aliphatic rings. The Balaban J connectivity index is 2.20. The van der Waals surface area contributed by atoms with Crippen LogP contribution >= 0.6 is 0 Å². The van der Waals surface area contributed by atoms with E-state index in [1.807, 2.05) is 0 Å². The second-order valence-electron chi connectivity index (χ2n) is 6.95. The van der Waals surface area contributed by atoms with Gasteiger partial charge in [-0.1, -0.05) is 27.7 Å². The topological polar surface area (TPSA) is 43.8 Å². The van der Waals surface area contributed by atoms with Crippen molar-refractivity contribution in [2.24, 2.45) is 24.1 Å². The van der Waals surface area contributed by atoms with Gasteiger partial charge in [0.15, 0.2) is 0 Å². The zero-order valence-electron chi connectivity index (χ0n) is 12.5. The Labute approximate surface area is 111 Å². The molecule has 1 aromatic heterocycles. The highest BCUT2D eigenvalue weighted by atomic mass is 15.1. The maximum atomic E-state index is 6.03. The van der Waals surface area contributed by atoms with Crippen molar-refractivity contribution in [1.82, 2.24) is 9.55 Å². The summed E-state index contributed by atoms with van der Waals surface area (Å²) in [5.41, 5.74) is 9.02. The van der Waals surface area contributed by atoms with Crippen molar-refractivity contribution >= 4 is 0 Å². The lowest BCUT2D eigenvalue weighted by atomic mass is 9.80. The molecule has 3 heteroatoms. The van der Waals surface area contributed by atoms with Crippen molar-refractivity contribution in [1.29, 1.82) is 0 Å². The average molecular weight is 249 g/mol. The maximum Gasteiger partial charge on any atom is 0.109 e. The number of hydrogen-bond acceptors (Lipinski definition) is 2. The summed E-state index contributed by atoms with van der Waals surface area (Å²) in [5.74, 6) is 1.87. The summed E-state index contributed by atoms with van der Waals surface area (Å²) in [5, 5.41) is 0. The number of rotatable bonds is 2. The summed E-state index contributed by atoms with van der Waals surface area (Å²) < 4.78 is 2.31. The maximum absolute atomic E-state index is 6.03. The van der Waals surface area contributed by atoms with Crippen molar-refractivity contribution in [3.63, 3.8) is 0 Å². The van der Waals surface area contributed by atoms with Crippen LogP contribution in [0.25, 0.3) is 0 Å². The molecule has 18 heavy (non-hydrogen) atoms. The number of aromatic nitrogens is 2. The van der Waals surface area contributed by atoms with E-state index >= 15 is 0 Å². The zero-order valence-corrected chi connectivity index (χ0v) is 12.5. The molecule has 0 bridgehead atoms. The minimum absolute atomic E-state index is 0.306. The number of fused-ring (bicyclic) bond motifs is 1. The van der Waals surface area contributed by atoms with Crippen LogP contribution in [0, 0.1) is 11.3 Å². The standard InChI is InChI=1S/C15H27N3/c1-10(15(2,3)4)8-14-17-12-9-11(16)6-7-13(12)18(14)5/h10-11H,6-9,16H2,1-5H3. The van der Waals surface area contributed by atoms with E-state index in [0.717, 1.165) is 25.7 Å². The highest BCUT2D eigenvalue weighted by molar-refractivity contribution is 5.22. The van der Waals surface area contributed by atoms with Gasteiger partial charge >= 0.3 is 0 Å². The van der Waals surface area contributed by atoms with Crippen LogP contribution in [-0.2, 0) is 26.3 Å². The van der Waals surface area contributed by atoms with Crippen LogP contribution in [0.2, 0.25) is 0 Å². The molecule has 0 fully saturated rings. The van der Waals surface area contributed by atoms with E-state index < -0.39 is 0 Å². The number of nitrogens with two attached hydrogens (primary N) is 1. The Bertz CT molecular complexity index is 426. The zero-order chi connectivity index (χ0) is 13.5. The lowest BCUT2D eigenvalue weighted by Gasteiger charge is -2.27. The van der Waals surface area contributed by atoms with Crippen molar-refractivity contribution in [2.75, 3.05) is 0 Å². The van der Waals surface area contributed by atoms with Gasteiger partial charge in [-0.3, -0.25) is 0 Å². The molecule has 2 rings (SSSR count).